The van der Waals surface area contributed by atoms with Gasteiger partial charge in [0.2, 0.25) is 0 Å². The molecule has 1 aromatic carbocycles. The third kappa shape index (κ3) is 3.01. The molecule has 0 aliphatic heterocycles. The molecular weight excluding hydrogens is 228 g/mol. The van der Waals surface area contributed by atoms with Crippen molar-refractivity contribution in [1.29, 1.82) is 0 Å². The van der Waals surface area contributed by atoms with Crippen molar-refractivity contribution in [2.75, 3.05) is 6.26 Å². The summed E-state index contributed by atoms with van der Waals surface area (Å²) in [7, 11) is -3.59. The van der Waals surface area contributed by atoms with E-state index in [9.17, 15) is 13.2 Å². The molecule has 0 unspecified atom stereocenters. The smallest absolute Gasteiger partial charge is 0.306 e. The predicted octanol–water partition coefficient (Wildman–Crippen LogP) is 1.49. The topological polar surface area (TPSA) is 60.4 Å². The first-order valence-electron chi connectivity index (χ1n) is 3.56. The number of halogens is 1. The van der Waals surface area contributed by atoms with Gasteiger partial charge in [0.15, 0.2) is 5.75 Å². The Labute approximate surface area is 86.6 Å². The molecule has 0 amide bonds. The van der Waals surface area contributed by atoms with Gasteiger partial charge < -0.3 is 4.18 Å². The molecule has 6 heteroatoms. The van der Waals surface area contributed by atoms with E-state index in [-0.39, 0.29) is 10.8 Å². The highest BCUT2D eigenvalue weighted by molar-refractivity contribution is 7.86. The number of hydrogen-bond donors (Lipinski definition) is 0. The van der Waals surface area contributed by atoms with Crippen LogP contribution in [0.3, 0.4) is 0 Å². The molecule has 0 N–H and O–H groups in total. The van der Waals surface area contributed by atoms with Crippen molar-refractivity contribution in [3.63, 3.8) is 0 Å². The van der Waals surface area contributed by atoms with E-state index in [1.165, 1.54) is 18.2 Å². The molecule has 0 spiro atoms. The van der Waals surface area contributed by atoms with E-state index in [2.05, 4.69) is 4.18 Å². The number of hydrogen-bond acceptors (Lipinski definition) is 4. The van der Waals surface area contributed by atoms with Crippen molar-refractivity contribution in [1.82, 2.24) is 0 Å². The van der Waals surface area contributed by atoms with Gasteiger partial charge in [0, 0.05) is 5.56 Å². The lowest BCUT2D eigenvalue weighted by Crippen LogP contribution is -2.06. The first kappa shape index (κ1) is 11.0. The average molecular weight is 235 g/mol. The predicted molar refractivity (Wildman–Crippen MR) is 52.3 cm³/mol. The SMILES string of the molecule is CS(=O)(=O)Oc1ccc(C=O)cc1Cl. The maximum Gasteiger partial charge on any atom is 0.306 e. The lowest BCUT2D eigenvalue weighted by molar-refractivity contribution is 0.112. The molecule has 0 saturated carbocycles. The van der Waals surface area contributed by atoms with Crippen LogP contribution >= 0.6 is 11.6 Å². The second kappa shape index (κ2) is 3.98. The maximum absolute atomic E-state index is 10.8. The molecule has 0 atom stereocenters. The molecule has 1 aromatic rings. The third-order valence-corrected chi connectivity index (χ3v) is 2.11. The Morgan fingerprint density at radius 3 is 2.50 bits per heavy atom. The molecule has 0 aromatic heterocycles. The largest absolute Gasteiger partial charge is 0.381 e. The summed E-state index contributed by atoms with van der Waals surface area (Å²) < 4.78 is 26.1. The highest BCUT2D eigenvalue weighted by Crippen LogP contribution is 2.25. The van der Waals surface area contributed by atoms with Gasteiger partial charge in [0.25, 0.3) is 0 Å². The second-order valence-corrected chi connectivity index (χ2v) is 4.58. The Kier molecular flexibility index (Phi) is 3.13. The minimum absolute atomic E-state index is 0.0137. The standard InChI is InChI=1S/C8H7ClO4S/c1-14(11,12)13-8-3-2-6(5-10)4-7(8)9/h2-5H,1H3. The van der Waals surface area contributed by atoms with E-state index in [0.29, 0.717) is 11.8 Å². The van der Waals surface area contributed by atoms with Crippen LogP contribution in [-0.2, 0) is 10.1 Å². The lowest BCUT2D eigenvalue weighted by Gasteiger charge is -2.04. The lowest BCUT2D eigenvalue weighted by atomic mass is 10.2. The minimum Gasteiger partial charge on any atom is -0.381 e. The molecule has 0 fully saturated rings. The van der Waals surface area contributed by atoms with Crippen LogP contribution in [0.15, 0.2) is 18.2 Å². The third-order valence-electron chi connectivity index (χ3n) is 1.33. The molecule has 0 aliphatic rings. The first-order chi connectivity index (χ1) is 6.42. The first-order valence-corrected chi connectivity index (χ1v) is 5.76. The second-order valence-electron chi connectivity index (χ2n) is 2.60. The Morgan fingerprint density at radius 2 is 2.07 bits per heavy atom. The van der Waals surface area contributed by atoms with Gasteiger partial charge in [-0.05, 0) is 18.2 Å². The summed E-state index contributed by atoms with van der Waals surface area (Å²) in [5.41, 5.74) is 0.357. The summed E-state index contributed by atoms with van der Waals surface area (Å²) in [6.07, 6.45) is 1.52. The van der Waals surface area contributed by atoms with Crippen molar-refractivity contribution in [3.05, 3.63) is 28.8 Å². The van der Waals surface area contributed by atoms with Gasteiger partial charge in [0.05, 0.1) is 11.3 Å². The monoisotopic (exact) mass is 234 g/mol. The number of carbonyl (C=O) groups is 1. The molecule has 1 rings (SSSR count). The number of carbonyl (C=O) groups excluding carboxylic acids is 1. The molecule has 0 saturated heterocycles. The summed E-state index contributed by atoms with van der Waals surface area (Å²) in [6.45, 7) is 0. The average Bonchev–Trinajstić information content (AvgIpc) is 2.06. The van der Waals surface area contributed by atoms with Crippen LogP contribution in [0.5, 0.6) is 5.75 Å². The molecular formula is C8H7ClO4S. The van der Waals surface area contributed by atoms with Crippen molar-refractivity contribution in [3.8, 4) is 5.75 Å². The summed E-state index contributed by atoms with van der Waals surface area (Å²) >= 11 is 5.67. The van der Waals surface area contributed by atoms with Gasteiger partial charge in [-0.1, -0.05) is 11.6 Å². The van der Waals surface area contributed by atoms with Crippen LogP contribution in [0.1, 0.15) is 10.4 Å². The van der Waals surface area contributed by atoms with E-state index < -0.39 is 10.1 Å². The van der Waals surface area contributed by atoms with Crippen molar-refractivity contribution in [2.24, 2.45) is 0 Å². The Bertz CT molecular complexity index is 452. The van der Waals surface area contributed by atoms with Gasteiger partial charge in [-0.3, -0.25) is 4.79 Å². The fourth-order valence-electron chi connectivity index (χ4n) is 0.821. The van der Waals surface area contributed by atoms with Crippen LogP contribution in [0.25, 0.3) is 0 Å². The quantitative estimate of drug-likeness (QED) is 0.587. The number of rotatable bonds is 3. The highest BCUT2D eigenvalue weighted by Gasteiger charge is 2.08. The Hall–Kier alpha value is -1.07. The Morgan fingerprint density at radius 1 is 1.43 bits per heavy atom. The van der Waals surface area contributed by atoms with E-state index in [1.54, 1.807) is 0 Å². The van der Waals surface area contributed by atoms with Crippen LogP contribution in [-0.4, -0.2) is 21.0 Å². The molecule has 0 aliphatic carbocycles. The maximum atomic E-state index is 10.8. The van der Waals surface area contributed by atoms with Gasteiger partial charge in [-0.25, -0.2) is 0 Å². The van der Waals surface area contributed by atoms with E-state index in [1.807, 2.05) is 0 Å². The molecule has 0 bridgehead atoms. The van der Waals surface area contributed by atoms with Crippen LogP contribution in [0.4, 0.5) is 0 Å². The zero-order valence-corrected chi connectivity index (χ0v) is 8.80. The number of benzene rings is 1. The van der Waals surface area contributed by atoms with Crippen LogP contribution in [0.2, 0.25) is 5.02 Å². The van der Waals surface area contributed by atoms with Gasteiger partial charge >= 0.3 is 10.1 Å². The zero-order valence-electron chi connectivity index (χ0n) is 7.23. The normalized spacial score (nSPS) is 11.0. The summed E-state index contributed by atoms with van der Waals surface area (Å²) in [5.74, 6) is 0.0137. The number of aldehydes is 1. The Balaban J connectivity index is 3.07. The van der Waals surface area contributed by atoms with Crippen LogP contribution in [0, 0.1) is 0 Å². The molecule has 14 heavy (non-hydrogen) atoms. The van der Waals surface area contributed by atoms with Gasteiger partial charge in [-0.2, -0.15) is 8.42 Å². The highest BCUT2D eigenvalue weighted by atomic mass is 35.5. The minimum atomic E-state index is -3.59. The van der Waals surface area contributed by atoms with Crippen molar-refractivity contribution >= 4 is 28.0 Å². The molecule has 0 heterocycles. The van der Waals surface area contributed by atoms with Crippen LogP contribution < -0.4 is 4.18 Å². The van der Waals surface area contributed by atoms with Gasteiger partial charge in [-0.15, -0.1) is 0 Å². The molecule has 76 valence electrons. The van der Waals surface area contributed by atoms with Crippen molar-refractivity contribution < 1.29 is 17.4 Å². The van der Waals surface area contributed by atoms with E-state index in [0.717, 1.165) is 6.26 Å². The molecule has 0 radical (unpaired) electrons. The summed E-state index contributed by atoms with van der Waals surface area (Å²) in [5, 5.41) is 0.0834. The summed E-state index contributed by atoms with van der Waals surface area (Å²) in [4.78, 5) is 10.3. The summed E-state index contributed by atoms with van der Waals surface area (Å²) in [6, 6.07) is 4.07. The fourth-order valence-corrected chi connectivity index (χ4v) is 1.57. The van der Waals surface area contributed by atoms with Gasteiger partial charge in [0.1, 0.15) is 6.29 Å². The van der Waals surface area contributed by atoms with E-state index in [4.69, 9.17) is 11.6 Å². The fraction of sp³-hybridized carbons (Fsp3) is 0.125. The molecule has 4 nitrogen and oxygen atoms in total. The van der Waals surface area contributed by atoms with Crippen molar-refractivity contribution in [2.45, 2.75) is 0 Å². The van der Waals surface area contributed by atoms with E-state index >= 15 is 0 Å². The zero-order chi connectivity index (χ0) is 10.8.